The van der Waals surface area contributed by atoms with E-state index in [1.165, 1.54) is 17.7 Å². The minimum Gasteiger partial charge on any atom is -0.396 e. The molecule has 0 saturated carbocycles. The number of hydrogen-bond acceptors (Lipinski definition) is 2. The lowest BCUT2D eigenvalue weighted by Gasteiger charge is -2.29. The zero-order chi connectivity index (χ0) is 17.4. The smallest absolute Gasteiger partial charge is 0.318 e. The first-order valence-corrected chi connectivity index (χ1v) is 9.30. The van der Waals surface area contributed by atoms with Crippen molar-refractivity contribution in [3.05, 3.63) is 41.7 Å². The highest BCUT2D eigenvalue weighted by Crippen LogP contribution is 2.41. The third kappa shape index (κ3) is 3.17. The zero-order valence-electron chi connectivity index (χ0n) is 14.3. The summed E-state index contributed by atoms with van der Waals surface area (Å²) in [7, 11) is 0. The minimum absolute atomic E-state index is 0.0343. The molecule has 2 bridgehead atoms. The van der Waals surface area contributed by atoms with Crippen LogP contribution in [0.1, 0.15) is 44.1 Å². The third-order valence-corrected chi connectivity index (χ3v) is 6.09. The Morgan fingerprint density at radius 1 is 1.24 bits per heavy atom. The molecule has 2 fully saturated rings. The van der Waals surface area contributed by atoms with Crippen molar-refractivity contribution >= 4 is 11.6 Å². The molecule has 0 radical (unpaired) electrons. The van der Waals surface area contributed by atoms with Gasteiger partial charge in [-0.05, 0) is 61.8 Å². The molecule has 0 spiro atoms. The number of fused-ring (bicyclic) bond motifs is 2. The topological polar surface area (TPSA) is 52.6 Å². The van der Waals surface area contributed by atoms with E-state index >= 15 is 0 Å². The van der Waals surface area contributed by atoms with Gasteiger partial charge in [0.15, 0.2) is 0 Å². The molecule has 134 valence electrons. The maximum Gasteiger partial charge on any atom is 0.318 e. The molecular weight excluding hydrogens is 319 g/mol. The summed E-state index contributed by atoms with van der Waals surface area (Å²) in [6, 6.07) is 7.32. The molecule has 3 aliphatic rings. The van der Waals surface area contributed by atoms with Gasteiger partial charge in [0.05, 0.1) is 0 Å². The molecule has 2 N–H and O–H groups in total. The molecule has 4 atom stereocenters. The van der Waals surface area contributed by atoms with E-state index in [0.29, 0.717) is 6.04 Å². The van der Waals surface area contributed by atoms with Gasteiger partial charge < -0.3 is 15.3 Å². The van der Waals surface area contributed by atoms with Gasteiger partial charge in [-0.1, -0.05) is 18.2 Å². The van der Waals surface area contributed by atoms with Crippen LogP contribution in [-0.4, -0.2) is 40.8 Å². The first kappa shape index (κ1) is 16.6. The number of aliphatic hydroxyl groups is 1. The van der Waals surface area contributed by atoms with E-state index in [9.17, 15) is 14.3 Å². The molecule has 0 aromatic heterocycles. The van der Waals surface area contributed by atoms with Gasteiger partial charge in [-0.3, -0.25) is 0 Å². The Balaban J connectivity index is 1.35. The van der Waals surface area contributed by atoms with Crippen LogP contribution in [-0.2, 0) is 0 Å². The monoisotopic (exact) mass is 344 g/mol. The second-order valence-corrected chi connectivity index (χ2v) is 7.54. The molecule has 1 aliphatic carbocycles. The van der Waals surface area contributed by atoms with Gasteiger partial charge in [0, 0.05) is 30.7 Å². The van der Waals surface area contributed by atoms with Crippen LogP contribution >= 0.6 is 0 Å². The summed E-state index contributed by atoms with van der Waals surface area (Å²) >= 11 is 0. The van der Waals surface area contributed by atoms with E-state index in [0.717, 1.165) is 44.1 Å². The molecule has 2 heterocycles. The summed E-state index contributed by atoms with van der Waals surface area (Å²) in [4.78, 5) is 14.7. The van der Waals surface area contributed by atoms with E-state index in [2.05, 4.69) is 11.4 Å². The lowest BCUT2D eigenvalue weighted by atomic mass is 9.90. The lowest BCUT2D eigenvalue weighted by Crippen LogP contribution is -2.47. The summed E-state index contributed by atoms with van der Waals surface area (Å²) in [6.45, 7) is 0.179. The normalized spacial score (nSPS) is 31.1. The second-order valence-electron chi connectivity index (χ2n) is 7.54. The van der Waals surface area contributed by atoms with Crippen LogP contribution in [0.15, 0.2) is 30.3 Å². The van der Waals surface area contributed by atoms with Gasteiger partial charge in [0.25, 0.3) is 0 Å². The molecule has 2 saturated heterocycles. The van der Waals surface area contributed by atoms with Gasteiger partial charge in [-0.15, -0.1) is 0 Å². The number of aliphatic hydroxyl groups excluding tert-OH is 1. The van der Waals surface area contributed by atoms with E-state index < -0.39 is 0 Å². The molecule has 2 amide bonds. The number of urea groups is 1. The maximum atomic E-state index is 13.0. The van der Waals surface area contributed by atoms with Crippen molar-refractivity contribution in [2.45, 2.75) is 56.7 Å². The summed E-state index contributed by atoms with van der Waals surface area (Å²) in [6.07, 6.45) is 7.79. The fraction of sp³-hybridized carbons (Fsp3) is 0.550. The maximum absolute atomic E-state index is 13.0. The molecule has 1 aromatic carbocycles. The summed E-state index contributed by atoms with van der Waals surface area (Å²) in [5.41, 5.74) is 2.29. The van der Waals surface area contributed by atoms with Gasteiger partial charge >= 0.3 is 6.03 Å². The van der Waals surface area contributed by atoms with Gasteiger partial charge in [0.2, 0.25) is 0 Å². The first-order valence-electron chi connectivity index (χ1n) is 9.30. The molecule has 4 unspecified atom stereocenters. The number of amides is 2. The van der Waals surface area contributed by atoms with Crippen molar-refractivity contribution in [1.82, 2.24) is 10.2 Å². The summed E-state index contributed by atoms with van der Waals surface area (Å²) < 4.78 is 13.0. The number of nitrogens with one attached hydrogen (secondary N) is 1. The summed E-state index contributed by atoms with van der Waals surface area (Å²) in [5, 5.41) is 12.7. The Kier molecular flexibility index (Phi) is 4.50. The predicted octanol–water partition coefficient (Wildman–Crippen LogP) is 3.32. The number of rotatable bonds is 3. The molecule has 1 aromatic rings. The Labute approximate surface area is 147 Å². The van der Waals surface area contributed by atoms with Crippen LogP contribution in [0.3, 0.4) is 0 Å². The molecule has 4 nitrogen and oxygen atoms in total. The Bertz CT molecular complexity index is 673. The van der Waals surface area contributed by atoms with Crippen molar-refractivity contribution in [2.75, 3.05) is 6.61 Å². The second kappa shape index (κ2) is 6.79. The largest absolute Gasteiger partial charge is 0.396 e. The lowest BCUT2D eigenvalue weighted by molar-refractivity contribution is 0.166. The first-order chi connectivity index (χ1) is 12.2. The van der Waals surface area contributed by atoms with Crippen LogP contribution in [0.5, 0.6) is 0 Å². The van der Waals surface area contributed by atoms with Crippen molar-refractivity contribution in [3.8, 4) is 0 Å². The molecular formula is C20H25FN2O2. The third-order valence-electron chi connectivity index (χ3n) is 6.09. The SMILES string of the molecule is O=C(NC1CC=C(c2ccc(F)cc2)CC1)N1C2CCC1C(CO)C2. The average Bonchev–Trinajstić information content (AvgIpc) is 3.21. The predicted molar refractivity (Wildman–Crippen MR) is 94.4 cm³/mol. The average molecular weight is 344 g/mol. The van der Waals surface area contributed by atoms with Gasteiger partial charge in [-0.25, -0.2) is 9.18 Å². The highest BCUT2D eigenvalue weighted by molar-refractivity contribution is 5.76. The number of carbonyl (C=O) groups is 1. The highest BCUT2D eigenvalue weighted by Gasteiger charge is 2.48. The number of hydrogen-bond donors (Lipinski definition) is 2. The summed E-state index contributed by atoms with van der Waals surface area (Å²) in [5.74, 6) is 0.0348. The van der Waals surface area contributed by atoms with E-state index in [-0.39, 0.29) is 36.5 Å². The molecule has 2 aliphatic heterocycles. The number of carbonyl (C=O) groups excluding carboxylic acids is 1. The van der Waals surface area contributed by atoms with Crippen LogP contribution in [0.4, 0.5) is 9.18 Å². The number of halogens is 1. The fourth-order valence-corrected chi connectivity index (χ4v) is 4.77. The van der Waals surface area contributed by atoms with Crippen LogP contribution < -0.4 is 5.32 Å². The van der Waals surface area contributed by atoms with Gasteiger partial charge in [-0.2, -0.15) is 0 Å². The number of nitrogens with zero attached hydrogens (tertiary/aromatic N) is 1. The van der Waals surface area contributed by atoms with Crippen LogP contribution in [0.25, 0.3) is 5.57 Å². The van der Waals surface area contributed by atoms with Crippen molar-refractivity contribution in [1.29, 1.82) is 0 Å². The Morgan fingerprint density at radius 2 is 2.04 bits per heavy atom. The van der Waals surface area contributed by atoms with Crippen molar-refractivity contribution in [2.24, 2.45) is 5.92 Å². The fourth-order valence-electron chi connectivity index (χ4n) is 4.77. The molecule has 5 heteroatoms. The number of benzene rings is 1. The van der Waals surface area contributed by atoms with Crippen molar-refractivity contribution < 1.29 is 14.3 Å². The van der Waals surface area contributed by atoms with E-state index in [1.54, 1.807) is 0 Å². The molecule has 4 rings (SSSR count). The molecule has 25 heavy (non-hydrogen) atoms. The van der Waals surface area contributed by atoms with E-state index in [4.69, 9.17) is 0 Å². The van der Waals surface area contributed by atoms with Crippen LogP contribution in [0.2, 0.25) is 0 Å². The van der Waals surface area contributed by atoms with Gasteiger partial charge in [0.1, 0.15) is 5.82 Å². The Hall–Kier alpha value is -1.88. The standard InChI is InChI=1S/C20H25FN2O2/c21-16-5-1-13(2-6-16)14-3-7-17(8-4-14)22-20(25)23-18-9-10-19(23)15(11-18)12-24/h1-3,5-6,15,17-19,24H,4,7-12H2,(H,22,25). The minimum atomic E-state index is -0.216. The van der Waals surface area contributed by atoms with E-state index in [1.807, 2.05) is 17.0 Å². The quantitative estimate of drug-likeness (QED) is 0.884. The van der Waals surface area contributed by atoms with Crippen LogP contribution in [0, 0.1) is 11.7 Å². The number of allylic oxidation sites excluding steroid dienone is 1. The van der Waals surface area contributed by atoms with Crippen molar-refractivity contribution in [3.63, 3.8) is 0 Å². The zero-order valence-corrected chi connectivity index (χ0v) is 14.3. The highest BCUT2D eigenvalue weighted by atomic mass is 19.1. The Morgan fingerprint density at radius 3 is 2.68 bits per heavy atom.